The van der Waals surface area contributed by atoms with E-state index in [4.69, 9.17) is 4.74 Å². The van der Waals surface area contributed by atoms with Crippen LogP contribution in [0.4, 0.5) is 11.6 Å². The average Bonchev–Trinajstić information content (AvgIpc) is 2.98. The lowest BCUT2D eigenvalue weighted by molar-refractivity contribution is 0.0526. The molecule has 2 aromatic heterocycles. The van der Waals surface area contributed by atoms with Gasteiger partial charge in [0.15, 0.2) is 0 Å². The highest BCUT2D eigenvalue weighted by Crippen LogP contribution is 2.27. The molecule has 0 aliphatic rings. The first-order valence-corrected chi connectivity index (χ1v) is 13.8. The molecule has 5 aromatic rings. The Hall–Kier alpha value is -5.36. The van der Waals surface area contributed by atoms with E-state index in [-0.39, 0.29) is 28.9 Å². The number of nitrogens with one attached hydrogen (secondary N) is 1. The van der Waals surface area contributed by atoms with Gasteiger partial charge in [-0.3, -0.25) is 9.79 Å². The van der Waals surface area contributed by atoms with Gasteiger partial charge in [0.1, 0.15) is 0 Å². The van der Waals surface area contributed by atoms with Crippen LogP contribution in [0.15, 0.2) is 106 Å². The van der Waals surface area contributed by atoms with Gasteiger partial charge in [-0.1, -0.05) is 18.2 Å². The summed E-state index contributed by atoms with van der Waals surface area (Å²) in [5.74, 6) is -0.903. The van der Waals surface area contributed by atoms with Gasteiger partial charge in [0.25, 0.3) is 15.6 Å². The van der Waals surface area contributed by atoms with E-state index in [2.05, 4.69) is 19.7 Å². The first-order chi connectivity index (χ1) is 19.8. The molecule has 0 fully saturated rings. The number of nitrogens with zero attached hydrogens (tertiary/aromatic N) is 4. The minimum Gasteiger partial charge on any atom is -0.494 e. The van der Waals surface area contributed by atoms with Crippen LogP contribution in [0.25, 0.3) is 16.5 Å². The number of hydrogen-bond donors (Lipinski definition) is 2. The van der Waals surface area contributed by atoms with Gasteiger partial charge in [-0.15, -0.1) is 0 Å². The number of pyridine rings is 1. The molecule has 0 spiro atoms. The highest BCUT2D eigenvalue weighted by atomic mass is 32.2. The zero-order chi connectivity index (χ0) is 29.0. The van der Waals surface area contributed by atoms with Crippen molar-refractivity contribution in [2.45, 2.75) is 11.8 Å². The fourth-order valence-electron chi connectivity index (χ4n) is 4.07. The van der Waals surface area contributed by atoms with Crippen LogP contribution in [0.1, 0.15) is 22.8 Å². The number of aromatic nitrogens is 3. The van der Waals surface area contributed by atoms with Crippen molar-refractivity contribution in [2.24, 2.45) is 4.99 Å². The summed E-state index contributed by atoms with van der Waals surface area (Å²) in [6, 6.07) is 20.2. The second-order valence-electron chi connectivity index (χ2n) is 8.62. The molecular formula is C29H23N5O6S. The molecular weight excluding hydrogens is 546 g/mol. The van der Waals surface area contributed by atoms with Crippen molar-refractivity contribution in [3.05, 3.63) is 113 Å². The zero-order valence-electron chi connectivity index (χ0n) is 21.6. The molecule has 0 amide bonds. The maximum Gasteiger partial charge on any atom is 0.338 e. The fraction of sp³-hybridized carbons (Fsp3) is 0.0690. The standard InChI is InChI=1S/C29H23N5O6S/c1-2-40-28(37)19-8-12-21(13-9-19)34-26(35)24-7-4-3-6-23(24)25(27(34)36)18-32-20-10-14-22(15-11-20)41(38,39)33-29-30-16-5-17-31-29/h3-18,36H,2H2,1H3,(H,30,31,33). The molecule has 0 unspecified atom stereocenters. The summed E-state index contributed by atoms with van der Waals surface area (Å²) in [5.41, 5.74) is 0.867. The van der Waals surface area contributed by atoms with Gasteiger partial charge < -0.3 is 9.84 Å². The van der Waals surface area contributed by atoms with Gasteiger partial charge in [0.2, 0.25) is 11.8 Å². The summed E-state index contributed by atoms with van der Waals surface area (Å²) < 4.78 is 33.8. The number of benzene rings is 3. The van der Waals surface area contributed by atoms with Crippen molar-refractivity contribution in [3.8, 4) is 11.6 Å². The number of carbonyl (C=O) groups is 1. The molecule has 2 heterocycles. The van der Waals surface area contributed by atoms with Gasteiger partial charge in [-0.2, -0.15) is 0 Å². The lowest BCUT2D eigenvalue weighted by Gasteiger charge is -2.14. The van der Waals surface area contributed by atoms with Crippen LogP contribution >= 0.6 is 0 Å². The summed E-state index contributed by atoms with van der Waals surface area (Å²) in [6.45, 7) is 1.93. The van der Waals surface area contributed by atoms with E-state index < -0.39 is 21.6 Å². The Kier molecular flexibility index (Phi) is 7.57. The molecule has 3 aromatic carbocycles. The van der Waals surface area contributed by atoms with Gasteiger partial charge in [-0.05, 0) is 67.6 Å². The van der Waals surface area contributed by atoms with Crippen LogP contribution in [0.2, 0.25) is 0 Å². The van der Waals surface area contributed by atoms with E-state index in [1.165, 1.54) is 67.1 Å². The van der Waals surface area contributed by atoms with E-state index >= 15 is 0 Å². The van der Waals surface area contributed by atoms with Crippen molar-refractivity contribution in [2.75, 3.05) is 11.3 Å². The summed E-state index contributed by atoms with van der Waals surface area (Å²) in [4.78, 5) is 37.5. The second kappa shape index (κ2) is 11.4. The number of esters is 1. The Morgan fingerprint density at radius 3 is 2.29 bits per heavy atom. The number of carbonyl (C=O) groups excluding carboxylic acids is 1. The highest BCUT2D eigenvalue weighted by molar-refractivity contribution is 7.92. The number of fused-ring (bicyclic) bond motifs is 1. The van der Waals surface area contributed by atoms with E-state index in [0.29, 0.717) is 27.7 Å². The smallest absolute Gasteiger partial charge is 0.338 e. The van der Waals surface area contributed by atoms with Crippen molar-refractivity contribution in [3.63, 3.8) is 0 Å². The van der Waals surface area contributed by atoms with E-state index in [1.54, 1.807) is 37.3 Å². The van der Waals surface area contributed by atoms with Gasteiger partial charge in [0, 0.05) is 29.4 Å². The maximum absolute atomic E-state index is 13.4. The third-order valence-electron chi connectivity index (χ3n) is 6.02. The summed E-state index contributed by atoms with van der Waals surface area (Å²) in [7, 11) is -3.92. The Bertz CT molecular complexity index is 1920. The van der Waals surface area contributed by atoms with Gasteiger partial charge in [-0.25, -0.2) is 32.5 Å². The largest absolute Gasteiger partial charge is 0.494 e. The molecule has 2 N–H and O–H groups in total. The first kappa shape index (κ1) is 27.2. The number of hydrogen-bond acceptors (Lipinski definition) is 9. The van der Waals surface area contributed by atoms with Crippen LogP contribution in [0.3, 0.4) is 0 Å². The minimum atomic E-state index is -3.92. The van der Waals surface area contributed by atoms with E-state index in [9.17, 15) is 23.1 Å². The monoisotopic (exact) mass is 569 g/mol. The summed E-state index contributed by atoms with van der Waals surface area (Å²) in [6.07, 6.45) is 4.24. The van der Waals surface area contributed by atoms with Crippen LogP contribution in [0.5, 0.6) is 5.88 Å². The number of anilines is 1. The van der Waals surface area contributed by atoms with Crippen molar-refractivity contribution in [1.29, 1.82) is 0 Å². The molecule has 0 aliphatic carbocycles. The van der Waals surface area contributed by atoms with E-state index in [1.807, 2.05) is 0 Å². The molecule has 0 saturated heterocycles. The summed E-state index contributed by atoms with van der Waals surface area (Å²) >= 11 is 0. The topological polar surface area (TPSA) is 153 Å². The number of aliphatic imine (C=N–C) groups is 1. The number of ether oxygens (including phenoxy) is 1. The molecule has 0 radical (unpaired) electrons. The lowest BCUT2D eigenvalue weighted by atomic mass is 10.1. The van der Waals surface area contributed by atoms with Crippen LogP contribution < -0.4 is 10.3 Å². The normalized spacial score (nSPS) is 11.5. The number of aromatic hydroxyl groups is 1. The molecule has 0 aliphatic heterocycles. The third-order valence-corrected chi connectivity index (χ3v) is 7.37. The summed E-state index contributed by atoms with van der Waals surface area (Å²) in [5, 5.41) is 12.1. The number of sulfonamides is 1. The quantitative estimate of drug-likeness (QED) is 0.208. The zero-order valence-corrected chi connectivity index (χ0v) is 22.4. The molecule has 41 heavy (non-hydrogen) atoms. The molecule has 5 rings (SSSR count). The van der Waals surface area contributed by atoms with E-state index in [0.717, 1.165) is 4.57 Å². The molecule has 206 valence electrons. The highest BCUT2D eigenvalue weighted by Gasteiger charge is 2.18. The molecule has 0 saturated carbocycles. The molecule has 0 atom stereocenters. The second-order valence-corrected chi connectivity index (χ2v) is 10.3. The molecule has 11 nitrogen and oxygen atoms in total. The van der Waals surface area contributed by atoms with Crippen LogP contribution in [-0.2, 0) is 14.8 Å². The maximum atomic E-state index is 13.4. The van der Waals surface area contributed by atoms with Gasteiger partial charge >= 0.3 is 5.97 Å². The Balaban J connectivity index is 1.49. The first-order valence-electron chi connectivity index (χ1n) is 12.4. The average molecular weight is 570 g/mol. The fourth-order valence-corrected chi connectivity index (χ4v) is 5.03. The minimum absolute atomic E-state index is 0.0167. The Morgan fingerprint density at radius 1 is 0.976 bits per heavy atom. The Labute approximate surface area is 234 Å². The predicted molar refractivity (Wildman–Crippen MR) is 154 cm³/mol. The van der Waals surface area contributed by atoms with Crippen LogP contribution in [-0.4, -0.2) is 46.9 Å². The predicted octanol–water partition coefficient (Wildman–Crippen LogP) is 4.21. The van der Waals surface area contributed by atoms with Gasteiger partial charge in [0.05, 0.1) is 34.0 Å². The van der Waals surface area contributed by atoms with Crippen molar-refractivity contribution < 1.29 is 23.1 Å². The third kappa shape index (κ3) is 5.68. The SMILES string of the molecule is CCOC(=O)c1ccc(-n2c(O)c(C=Nc3ccc(S(=O)(=O)Nc4ncccn4)cc3)c3ccccc3c2=O)cc1. The number of rotatable bonds is 8. The Morgan fingerprint density at radius 2 is 1.63 bits per heavy atom. The molecule has 0 bridgehead atoms. The lowest BCUT2D eigenvalue weighted by Crippen LogP contribution is -2.20. The molecule has 12 heteroatoms. The van der Waals surface area contributed by atoms with Crippen molar-refractivity contribution in [1.82, 2.24) is 14.5 Å². The van der Waals surface area contributed by atoms with Crippen molar-refractivity contribution >= 4 is 44.6 Å². The van der Waals surface area contributed by atoms with Crippen LogP contribution in [0, 0.1) is 0 Å².